The Bertz CT molecular complexity index is 383. The SMILES string of the molecule is CC(C)C1CCCN1C(=O)N[C@@H](CCC(=O)O)C(=O)O. The van der Waals surface area contributed by atoms with Crippen LogP contribution in [0.25, 0.3) is 0 Å². The number of nitrogens with one attached hydrogen (secondary N) is 1. The molecule has 1 saturated heterocycles. The minimum absolute atomic E-state index is 0.114. The first-order valence-electron chi connectivity index (χ1n) is 6.84. The van der Waals surface area contributed by atoms with Gasteiger partial charge in [-0.15, -0.1) is 0 Å². The summed E-state index contributed by atoms with van der Waals surface area (Å²) in [4.78, 5) is 35.3. The fraction of sp³-hybridized carbons (Fsp3) is 0.769. The van der Waals surface area contributed by atoms with Gasteiger partial charge in [-0.25, -0.2) is 9.59 Å². The normalized spacial score (nSPS) is 19.9. The van der Waals surface area contributed by atoms with Crippen molar-refractivity contribution in [2.45, 2.75) is 51.6 Å². The largest absolute Gasteiger partial charge is 0.481 e. The second-order valence-electron chi connectivity index (χ2n) is 5.42. The molecule has 1 unspecified atom stereocenters. The lowest BCUT2D eigenvalue weighted by Gasteiger charge is -2.29. The number of likely N-dealkylation sites (tertiary alicyclic amines) is 1. The first-order chi connectivity index (χ1) is 9.32. The highest BCUT2D eigenvalue weighted by atomic mass is 16.4. The Hall–Kier alpha value is -1.79. The van der Waals surface area contributed by atoms with Crippen LogP contribution in [-0.4, -0.2) is 51.7 Å². The molecule has 1 aliphatic heterocycles. The van der Waals surface area contributed by atoms with E-state index >= 15 is 0 Å². The highest BCUT2D eigenvalue weighted by Gasteiger charge is 2.32. The smallest absolute Gasteiger partial charge is 0.326 e. The number of amides is 2. The lowest BCUT2D eigenvalue weighted by Crippen LogP contribution is -2.50. The molecular formula is C13H22N2O5. The molecule has 0 bridgehead atoms. The molecule has 0 radical (unpaired) electrons. The summed E-state index contributed by atoms with van der Waals surface area (Å²) in [6.45, 7) is 4.66. The van der Waals surface area contributed by atoms with Crippen LogP contribution in [0.15, 0.2) is 0 Å². The molecule has 0 spiro atoms. The van der Waals surface area contributed by atoms with E-state index in [9.17, 15) is 14.4 Å². The Balaban J connectivity index is 2.61. The van der Waals surface area contributed by atoms with Crippen molar-refractivity contribution in [3.05, 3.63) is 0 Å². The summed E-state index contributed by atoms with van der Waals surface area (Å²) in [7, 11) is 0. The predicted molar refractivity (Wildman–Crippen MR) is 71.4 cm³/mol. The molecule has 7 heteroatoms. The summed E-state index contributed by atoms with van der Waals surface area (Å²) in [6, 6.07) is -1.46. The van der Waals surface area contributed by atoms with Crippen molar-refractivity contribution in [3.63, 3.8) is 0 Å². The standard InChI is InChI=1S/C13H22N2O5/c1-8(2)10-4-3-7-15(10)13(20)14-9(12(18)19)5-6-11(16)17/h8-10H,3-7H2,1-2H3,(H,14,20)(H,16,17)(H,18,19)/t9-,10?/m0/s1. The molecule has 20 heavy (non-hydrogen) atoms. The van der Waals surface area contributed by atoms with E-state index in [0.29, 0.717) is 12.5 Å². The van der Waals surface area contributed by atoms with Crippen molar-refractivity contribution in [1.82, 2.24) is 10.2 Å². The third kappa shape index (κ3) is 4.40. The van der Waals surface area contributed by atoms with Gasteiger partial charge in [0.1, 0.15) is 6.04 Å². The molecule has 2 atom stereocenters. The first-order valence-corrected chi connectivity index (χ1v) is 6.84. The molecule has 2 amide bonds. The van der Waals surface area contributed by atoms with Gasteiger partial charge >= 0.3 is 18.0 Å². The van der Waals surface area contributed by atoms with Gasteiger partial charge in [0, 0.05) is 19.0 Å². The van der Waals surface area contributed by atoms with Gasteiger partial charge in [0.2, 0.25) is 0 Å². The minimum atomic E-state index is -1.21. The lowest BCUT2D eigenvalue weighted by molar-refractivity contribution is -0.140. The number of carboxylic acids is 2. The number of rotatable bonds is 6. The van der Waals surface area contributed by atoms with Crippen LogP contribution in [-0.2, 0) is 9.59 Å². The zero-order valence-corrected chi connectivity index (χ0v) is 11.8. The highest BCUT2D eigenvalue weighted by Crippen LogP contribution is 2.23. The predicted octanol–water partition coefficient (Wildman–Crippen LogP) is 1.13. The second kappa shape index (κ2) is 7.12. The maximum atomic E-state index is 12.1. The number of aliphatic carboxylic acids is 2. The second-order valence-corrected chi connectivity index (χ2v) is 5.42. The Labute approximate surface area is 117 Å². The average Bonchev–Trinajstić information content (AvgIpc) is 2.82. The van der Waals surface area contributed by atoms with E-state index in [1.807, 2.05) is 13.8 Å². The van der Waals surface area contributed by atoms with Gasteiger partial charge in [-0.2, -0.15) is 0 Å². The fourth-order valence-electron chi connectivity index (χ4n) is 2.49. The molecule has 0 aromatic heterocycles. The van der Waals surface area contributed by atoms with Gasteiger partial charge in [0.15, 0.2) is 0 Å². The zero-order valence-electron chi connectivity index (χ0n) is 11.8. The highest BCUT2D eigenvalue weighted by molar-refractivity contribution is 5.83. The van der Waals surface area contributed by atoms with Crippen molar-refractivity contribution in [3.8, 4) is 0 Å². The van der Waals surface area contributed by atoms with Gasteiger partial charge in [-0.05, 0) is 25.2 Å². The summed E-state index contributed by atoms with van der Waals surface area (Å²) in [5, 5.41) is 20.0. The molecule has 1 fully saturated rings. The number of hydrogen-bond acceptors (Lipinski definition) is 3. The first kappa shape index (κ1) is 16.3. The van der Waals surface area contributed by atoms with Gasteiger partial charge < -0.3 is 20.4 Å². The van der Waals surface area contributed by atoms with Crippen LogP contribution in [0.2, 0.25) is 0 Å². The number of hydrogen-bond donors (Lipinski definition) is 3. The van der Waals surface area contributed by atoms with Crippen molar-refractivity contribution >= 4 is 18.0 Å². The van der Waals surface area contributed by atoms with E-state index in [4.69, 9.17) is 10.2 Å². The van der Waals surface area contributed by atoms with E-state index in [1.54, 1.807) is 4.90 Å². The molecule has 3 N–H and O–H groups in total. The lowest BCUT2D eigenvalue weighted by atomic mass is 10.0. The third-order valence-corrected chi connectivity index (χ3v) is 3.57. The van der Waals surface area contributed by atoms with Gasteiger partial charge in [-0.1, -0.05) is 13.8 Å². The molecule has 0 aliphatic carbocycles. The number of carbonyl (C=O) groups excluding carboxylic acids is 1. The van der Waals surface area contributed by atoms with Gasteiger partial charge in [0.05, 0.1) is 0 Å². The van der Waals surface area contributed by atoms with Gasteiger partial charge in [0.25, 0.3) is 0 Å². The quantitative estimate of drug-likeness (QED) is 0.678. The third-order valence-electron chi connectivity index (χ3n) is 3.57. The summed E-state index contributed by atoms with van der Waals surface area (Å²) in [5.74, 6) is -1.97. The average molecular weight is 286 g/mol. The molecule has 1 aliphatic rings. The summed E-state index contributed by atoms with van der Waals surface area (Å²) in [6.07, 6.45) is 1.42. The van der Waals surface area contributed by atoms with Crippen LogP contribution in [0.1, 0.15) is 39.5 Å². The van der Waals surface area contributed by atoms with E-state index in [1.165, 1.54) is 0 Å². The monoisotopic (exact) mass is 286 g/mol. The van der Waals surface area contributed by atoms with Gasteiger partial charge in [-0.3, -0.25) is 4.79 Å². The molecule has 0 saturated carbocycles. The van der Waals surface area contributed by atoms with Crippen LogP contribution in [0, 0.1) is 5.92 Å². The molecule has 1 rings (SSSR count). The van der Waals surface area contributed by atoms with Crippen molar-refractivity contribution < 1.29 is 24.6 Å². The number of carboxylic acid groups (broad SMARTS) is 2. The topological polar surface area (TPSA) is 107 Å². The van der Waals surface area contributed by atoms with E-state index in [2.05, 4.69) is 5.32 Å². The zero-order chi connectivity index (χ0) is 15.3. The number of nitrogens with zero attached hydrogens (tertiary/aromatic N) is 1. The van der Waals surface area contributed by atoms with Crippen LogP contribution >= 0.6 is 0 Å². The van der Waals surface area contributed by atoms with Crippen molar-refractivity contribution in [2.75, 3.05) is 6.54 Å². The molecule has 1 heterocycles. The van der Waals surface area contributed by atoms with Crippen molar-refractivity contribution in [2.24, 2.45) is 5.92 Å². The summed E-state index contributed by atoms with van der Waals surface area (Å²) < 4.78 is 0. The maximum absolute atomic E-state index is 12.1. The molecular weight excluding hydrogens is 264 g/mol. The molecule has 7 nitrogen and oxygen atoms in total. The Morgan fingerprint density at radius 3 is 2.45 bits per heavy atom. The Kier molecular flexibility index (Phi) is 5.79. The van der Waals surface area contributed by atoms with E-state index in [0.717, 1.165) is 12.8 Å². The Morgan fingerprint density at radius 1 is 1.30 bits per heavy atom. The van der Waals surface area contributed by atoms with Crippen LogP contribution < -0.4 is 5.32 Å². The molecule has 114 valence electrons. The summed E-state index contributed by atoms with van der Waals surface area (Å²) in [5.41, 5.74) is 0. The van der Waals surface area contributed by atoms with Crippen LogP contribution in [0.3, 0.4) is 0 Å². The maximum Gasteiger partial charge on any atom is 0.326 e. The van der Waals surface area contributed by atoms with Crippen LogP contribution in [0.4, 0.5) is 4.79 Å². The number of urea groups is 1. The summed E-state index contributed by atoms with van der Waals surface area (Å²) >= 11 is 0. The van der Waals surface area contributed by atoms with E-state index < -0.39 is 24.0 Å². The fourth-order valence-corrected chi connectivity index (χ4v) is 2.49. The molecule has 0 aromatic rings. The minimum Gasteiger partial charge on any atom is -0.481 e. The van der Waals surface area contributed by atoms with Crippen molar-refractivity contribution in [1.29, 1.82) is 0 Å². The number of carbonyl (C=O) groups is 3. The Morgan fingerprint density at radius 2 is 1.95 bits per heavy atom. The van der Waals surface area contributed by atoms with E-state index in [-0.39, 0.29) is 18.9 Å². The molecule has 0 aromatic carbocycles. The van der Waals surface area contributed by atoms with Crippen LogP contribution in [0.5, 0.6) is 0 Å².